The standard InChI is InChI=1S/C13H24N2O4/c1-13(2,3)19-12(18)15-7-4-5-9(6-8-15)10(14)11(16)17/h9-10H,4-8,14H2,1-3H3,(H,16,17). The highest BCUT2D eigenvalue weighted by Gasteiger charge is 2.29. The van der Waals surface area contributed by atoms with Gasteiger partial charge in [0.2, 0.25) is 0 Å². The van der Waals surface area contributed by atoms with Crippen LogP contribution >= 0.6 is 0 Å². The molecule has 0 spiro atoms. The number of rotatable bonds is 2. The van der Waals surface area contributed by atoms with Crippen molar-refractivity contribution in [3.63, 3.8) is 0 Å². The lowest BCUT2D eigenvalue weighted by Crippen LogP contribution is -2.40. The zero-order valence-electron chi connectivity index (χ0n) is 11.9. The molecule has 3 N–H and O–H groups in total. The molecule has 0 aromatic rings. The molecule has 1 aliphatic rings. The number of nitrogens with zero attached hydrogens (tertiary/aromatic N) is 1. The minimum Gasteiger partial charge on any atom is -0.480 e. The molecule has 1 amide bonds. The molecule has 1 rings (SSSR count). The zero-order chi connectivity index (χ0) is 14.6. The fraction of sp³-hybridized carbons (Fsp3) is 0.846. The molecule has 6 nitrogen and oxygen atoms in total. The highest BCUT2D eigenvalue weighted by Crippen LogP contribution is 2.21. The van der Waals surface area contributed by atoms with E-state index in [1.54, 1.807) is 4.90 Å². The molecule has 0 aliphatic carbocycles. The summed E-state index contributed by atoms with van der Waals surface area (Å²) in [6.07, 6.45) is 1.75. The van der Waals surface area contributed by atoms with Crippen molar-refractivity contribution >= 4 is 12.1 Å². The van der Waals surface area contributed by atoms with Crippen molar-refractivity contribution in [1.29, 1.82) is 0 Å². The van der Waals surface area contributed by atoms with E-state index in [-0.39, 0.29) is 12.0 Å². The zero-order valence-corrected chi connectivity index (χ0v) is 11.9. The first kappa shape index (κ1) is 15.8. The van der Waals surface area contributed by atoms with Gasteiger partial charge in [-0.1, -0.05) is 0 Å². The Bertz CT molecular complexity index is 338. The molecule has 1 aliphatic heterocycles. The van der Waals surface area contributed by atoms with Crippen molar-refractivity contribution in [3.8, 4) is 0 Å². The number of carbonyl (C=O) groups excluding carboxylic acids is 1. The number of amides is 1. The fourth-order valence-corrected chi connectivity index (χ4v) is 2.19. The summed E-state index contributed by atoms with van der Waals surface area (Å²) < 4.78 is 5.32. The Morgan fingerprint density at radius 3 is 2.47 bits per heavy atom. The highest BCUT2D eigenvalue weighted by atomic mass is 16.6. The third-order valence-electron chi connectivity index (χ3n) is 3.22. The van der Waals surface area contributed by atoms with Crippen molar-refractivity contribution in [1.82, 2.24) is 4.90 Å². The Morgan fingerprint density at radius 2 is 1.95 bits per heavy atom. The molecule has 2 atom stereocenters. The van der Waals surface area contributed by atoms with Gasteiger partial charge in [0.15, 0.2) is 0 Å². The summed E-state index contributed by atoms with van der Waals surface area (Å²) in [6, 6.07) is -0.849. The summed E-state index contributed by atoms with van der Waals surface area (Å²) in [5.41, 5.74) is 5.14. The van der Waals surface area contributed by atoms with Crippen LogP contribution in [0.3, 0.4) is 0 Å². The van der Waals surface area contributed by atoms with E-state index in [1.165, 1.54) is 0 Å². The van der Waals surface area contributed by atoms with E-state index < -0.39 is 17.6 Å². The summed E-state index contributed by atoms with van der Waals surface area (Å²) in [4.78, 5) is 24.5. The van der Waals surface area contributed by atoms with Gasteiger partial charge in [-0.15, -0.1) is 0 Å². The van der Waals surface area contributed by atoms with Gasteiger partial charge >= 0.3 is 12.1 Å². The molecule has 2 unspecified atom stereocenters. The van der Waals surface area contributed by atoms with Gasteiger partial charge in [0.05, 0.1) is 0 Å². The number of carboxylic acids is 1. The van der Waals surface area contributed by atoms with E-state index in [1.807, 2.05) is 20.8 Å². The van der Waals surface area contributed by atoms with Gasteiger partial charge in [-0.3, -0.25) is 4.79 Å². The maximum atomic E-state index is 11.9. The Labute approximate surface area is 113 Å². The Morgan fingerprint density at radius 1 is 1.32 bits per heavy atom. The summed E-state index contributed by atoms with van der Waals surface area (Å²) >= 11 is 0. The molecule has 0 aromatic heterocycles. The average molecular weight is 272 g/mol. The van der Waals surface area contributed by atoms with Crippen LogP contribution in [0.2, 0.25) is 0 Å². The van der Waals surface area contributed by atoms with Crippen molar-refractivity contribution in [3.05, 3.63) is 0 Å². The second kappa shape index (κ2) is 6.23. The first-order chi connectivity index (χ1) is 8.70. The lowest BCUT2D eigenvalue weighted by atomic mass is 9.93. The maximum Gasteiger partial charge on any atom is 0.410 e. The molecule has 110 valence electrons. The number of carboxylic acid groups (broad SMARTS) is 1. The average Bonchev–Trinajstić information content (AvgIpc) is 2.50. The van der Waals surface area contributed by atoms with Gasteiger partial charge in [0.25, 0.3) is 0 Å². The monoisotopic (exact) mass is 272 g/mol. The van der Waals surface area contributed by atoms with Crippen molar-refractivity contribution in [2.75, 3.05) is 13.1 Å². The summed E-state index contributed by atoms with van der Waals surface area (Å²) in [7, 11) is 0. The third-order valence-corrected chi connectivity index (χ3v) is 3.22. The third kappa shape index (κ3) is 5.06. The highest BCUT2D eigenvalue weighted by molar-refractivity contribution is 5.73. The normalized spacial score (nSPS) is 22.5. The molecule has 0 saturated carbocycles. The van der Waals surface area contributed by atoms with Gasteiger partial charge in [0.1, 0.15) is 11.6 Å². The lowest BCUT2D eigenvalue weighted by molar-refractivity contribution is -0.140. The number of aliphatic carboxylic acids is 1. The molecule has 1 heterocycles. The van der Waals surface area contributed by atoms with Gasteiger partial charge in [-0.05, 0) is 46.0 Å². The first-order valence-corrected chi connectivity index (χ1v) is 6.67. The number of nitrogens with two attached hydrogens (primary N) is 1. The van der Waals surface area contributed by atoms with Crippen LogP contribution in [0.4, 0.5) is 4.79 Å². The summed E-state index contributed by atoms with van der Waals surface area (Å²) in [5, 5.41) is 8.92. The van der Waals surface area contributed by atoms with Crippen LogP contribution in [0.1, 0.15) is 40.0 Å². The molecule has 19 heavy (non-hydrogen) atoms. The van der Waals surface area contributed by atoms with Crippen LogP contribution in [0, 0.1) is 5.92 Å². The quantitative estimate of drug-likeness (QED) is 0.793. The second-order valence-electron chi connectivity index (χ2n) is 6.02. The molecule has 0 bridgehead atoms. The molecule has 6 heteroatoms. The first-order valence-electron chi connectivity index (χ1n) is 6.67. The predicted octanol–water partition coefficient (Wildman–Crippen LogP) is 1.44. The van der Waals surface area contributed by atoms with E-state index in [9.17, 15) is 9.59 Å². The molecule has 1 saturated heterocycles. The van der Waals surface area contributed by atoms with Gasteiger partial charge in [0, 0.05) is 13.1 Å². The van der Waals surface area contributed by atoms with E-state index in [0.29, 0.717) is 19.5 Å². The van der Waals surface area contributed by atoms with Crippen LogP contribution in [0.15, 0.2) is 0 Å². The van der Waals surface area contributed by atoms with E-state index >= 15 is 0 Å². The number of likely N-dealkylation sites (tertiary alicyclic amines) is 1. The molecule has 0 aromatic carbocycles. The molecule has 0 radical (unpaired) electrons. The van der Waals surface area contributed by atoms with E-state index in [4.69, 9.17) is 15.6 Å². The number of ether oxygens (including phenoxy) is 1. The van der Waals surface area contributed by atoms with E-state index in [0.717, 1.165) is 12.8 Å². The number of hydrogen-bond acceptors (Lipinski definition) is 4. The van der Waals surface area contributed by atoms with Gasteiger partial charge in [-0.25, -0.2) is 4.79 Å². The topological polar surface area (TPSA) is 92.9 Å². The van der Waals surface area contributed by atoms with Crippen LogP contribution < -0.4 is 5.73 Å². The Kier molecular flexibility index (Phi) is 5.17. The van der Waals surface area contributed by atoms with Gasteiger partial charge < -0.3 is 20.5 Å². The molecular weight excluding hydrogens is 248 g/mol. The van der Waals surface area contributed by atoms with Crippen LogP contribution in [-0.4, -0.2) is 46.8 Å². The number of carbonyl (C=O) groups is 2. The van der Waals surface area contributed by atoms with E-state index in [2.05, 4.69) is 0 Å². The molecule has 1 fully saturated rings. The largest absolute Gasteiger partial charge is 0.480 e. The predicted molar refractivity (Wildman–Crippen MR) is 70.8 cm³/mol. The van der Waals surface area contributed by atoms with Crippen LogP contribution in [-0.2, 0) is 9.53 Å². The second-order valence-corrected chi connectivity index (χ2v) is 6.02. The summed E-state index contributed by atoms with van der Waals surface area (Å²) in [5.74, 6) is -1.05. The minimum absolute atomic E-state index is 0.0788. The van der Waals surface area contributed by atoms with Gasteiger partial charge in [-0.2, -0.15) is 0 Å². The van der Waals surface area contributed by atoms with Crippen LogP contribution in [0.5, 0.6) is 0 Å². The lowest BCUT2D eigenvalue weighted by Gasteiger charge is -2.26. The SMILES string of the molecule is CC(C)(C)OC(=O)N1CCCC(C(N)C(=O)O)CC1. The maximum absolute atomic E-state index is 11.9. The summed E-state index contributed by atoms with van der Waals surface area (Å²) in [6.45, 7) is 6.57. The smallest absolute Gasteiger partial charge is 0.410 e. The minimum atomic E-state index is -0.976. The molecular formula is C13H24N2O4. The number of hydrogen-bond donors (Lipinski definition) is 2. The van der Waals surface area contributed by atoms with Crippen molar-refractivity contribution in [2.45, 2.75) is 51.7 Å². The van der Waals surface area contributed by atoms with Crippen molar-refractivity contribution in [2.24, 2.45) is 11.7 Å². The van der Waals surface area contributed by atoms with Crippen molar-refractivity contribution < 1.29 is 19.4 Å². The Balaban J connectivity index is 2.54. The van der Waals surface area contributed by atoms with Crippen LogP contribution in [0.25, 0.3) is 0 Å². The fourth-order valence-electron chi connectivity index (χ4n) is 2.19. The Hall–Kier alpha value is -1.30.